The van der Waals surface area contributed by atoms with Gasteiger partial charge in [0.15, 0.2) is 0 Å². The van der Waals surface area contributed by atoms with Crippen molar-refractivity contribution in [3.05, 3.63) is 50.1 Å². The van der Waals surface area contributed by atoms with Crippen LogP contribution in [0.3, 0.4) is 0 Å². The normalized spacial score (nSPS) is 11.8. The predicted molar refractivity (Wildman–Crippen MR) is 115 cm³/mol. The summed E-state index contributed by atoms with van der Waals surface area (Å²) in [5.74, 6) is 0.284. The molecule has 23 heavy (non-hydrogen) atoms. The van der Waals surface area contributed by atoms with E-state index in [1.807, 2.05) is 12.1 Å². The van der Waals surface area contributed by atoms with Crippen LogP contribution in [0.2, 0.25) is 0 Å². The molecule has 8 heteroatoms. The lowest BCUT2D eigenvalue weighted by atomic mass is 9.78. The third-order valence-electron chi connectivity index (χ3n) is 3.62. The highest BCUT2D eigenvalue weighted by atomic mass is 79.9. The summed E-state index contributed by atoms with van der Waals surface area (Å²) in [4.78, 5) is 0. The summed E-state index contributed by atoms with van der Waals surface area (Å²) in [6.07, 6.45) is 0. The van der Waals surface area contributed by atoms with Crippen molar-refractivity contribution in [3.8, 4) is 11.5 Å². The fraction of sp³-hybridized carbons (Fsp3) is 0.200. The van der Waals surface area contributed by atoms with Crippen LogP contribution < -0.4 is 0 Å². The number of aromatic hydroxyl groups is 2. The van der Waals surface area contributed by atoms with Gasteiger partial charge in [-0.2, -0.15) is 0 Å². The number of hydrogen-bond donors (Lipinski definition) is 2. The zero-order valence-electron chi connectivity index (χ0n) is 11.8. The van der Waals surface area contributed by atoms with Crippen LogP contribution in [-0.4, -0.2) is 10.2 Å². The van der Waals surface area contributed by atoms with Gasteiger partial charge in [0.25, 0.3) is 0 Å². The molecule has 2 aromatic carbocycles. The average molecular weight is 702 g/mol. The highest BCUT2D eigenvalue weighted by Gasteiger charge is 2.32. The largest absolute Gasteiger partial charge is 0.506 e. The van der Waals surface area contributed by atoms with Gasteiger partial charge < -0.3 is 10.2 Å². The van der Waals surface area contributed by atoms with E-state index in [0.717, 1.165) is 20.1 Å². The molecular formula is C15H10Br6O2. The first-order valence-corrected chi connectivity index (χ1v) is 11.0. The van der Waals surface area contributed by atoms with Crippen molar-refractivity contribution >= 4 is 95.6 Å². The monoisotopic (exact) mass is 696 g/mol. The van der Waals surface area contributed by atoms with Crippen LogP contribution in [0.5, 0.6) is 11.5 Å². The Balaban J connectivity index is 2.79. The Kier molecular flexibility index (Phi) is 6.40. The second kappa shape index (κ2) is 7.27. The molecule has 0 heterocycles. The lowest BCUT2D eigenvalue weighted by Gasteiger charge is -2.30. The fourth-order valence-electron chi connectivity index (χ4n) is 2.23. The molecule has 2 N–H and O–H groups in total. The molecule has 2 aromatic rings. The molecular weight excluding hydrogens is 692 g/mol. The SMILES string of the molecule is CC(C)(c1cc(Br)c(O)c(Br)c1Br)c1cc(Br)c(O)c(Br)c1Br. The van der Waals surface area contributed by atoms with E-state index < -0.39 is 5.41 Å². The third kappa shape index (κ3) is 3.58. The topological polar surface area (TPSA) is 40.5 Å². The van der Waals surface area contributed by atoms with Crippen LogP contribution in [-0.2, 0) is 5.41 Å². The summed E-state index contributed by atoms with van der Waals surface area (Å²) in [6, 6.07) is 3.76. The van der Waals surface area contributed by atoms with Crippen molar-refractivity contribution < 1.29 is 10.2 Å². The van der Waals surface area contributed by atoms with Gasteiger partial charge in [0.05, 0.1) is 17.9 Å². The first-order chi connectivity index (χ1) is 10.5. The van der Waals surface area contributed by atoms with Crippen LogP contribution >= 0.6 is 95.6 Å². The summed E-state index contributed by atoms with van der Waals surface area (Å²) in [7, 11) is 0. The number of phenolic OH excluding ortho intramolecular Hbond substituents is 2. The van der Waals surface area contributed by atoms with E-state index in [1.165, 1.54) is 0 Å². The second-order valence-corrected chi connectivity index (χ2v) is 10.3. The van der Waals surface area contributed by atoms with Gasteiger partial charge in [-0.25, -0.2) is 0 Å². The minimum absolute atomic E-state index is 0.142. The smallest absolute Gasteiger partial charge is 0.145 e. The lowest BCUT2D eigenvalue weighted by Crippen LogP contribution is -2.21. The quantitative estimate of drug-likeness (QED) is 0.312. The zero-order chi connectivity index (χ0) is 17.7. The van der Waals surface area contributed by atoms with Crippen LogP contribution in [0.25, 0.3) is 0 Å². The minimum atomic E-state index is -0.421. The van der Waals surface area contributed by atoms with Crippen molar-refractivity contribution in [3.63, 3.8) is 0 Å². The van der Waals surface area contributed by atoms with Crippen LogP contribution in [0.1, 0.15) is 25.0 Å². The Hall–Kier alpha value is 0.920. The Morgan fingerprint density at radius 2 is 0.957 bits per heavy atom. The minimum Gasteiger partial charge on any atom is -0.506 e. The molecule has 0 aliphatic rings. The van der Waals surface area contributed by atoms with Crippen molar-refractivity contribution in [2.45, 2.75) is 19.3 Å². The third-order valence-corrected chi connectivity index (χ3v) is 9.08. The summed E-state index contributed by atoms with van der Waals surface area (Å²) in [6.45, 7) is 4.14. The average Bonchev–Trinajstić information content (AvgIpc) is 2.49. The number of halogens is 6. The molecule has 0 radical (unpaired) electrons. The molecule has 124 valence electrons. The van der Waals surface area contributed by atoms with Gasteiger partial charge >= 0.3 is 0 Å². The first-order valence-electron chi connectivity index (χ1n) is 6.24. The molecule has 0 amide bonds. The molecule has 0 atom stereocenters. The Labute approximate surface area is 184 Å². The van der Waals surface area contributed by atoms with Gasteiger partial charge in [0.1, 0.15) is 11.5 Å². The number of benzene rings is 2. The molecule has 0 unspecified atom stereocenters. The predicted octanol–water partition coefficient (Wildman–Crippen LogP) is 8.00. The zero-order valence-corrected chi connectivity index (χ0v) is 21.3. The van der Waals surface area contributed by atoms with Crippen molar-refractivity contribution in [1.29, 1.82) is 0 Å². The Morgan fingerprint density at radius 1 is 0.652 bits per heavy atom. The fourth-order valence-corrected chi connectivity index (χ4v) is 6.06. The molecule has 0 saturated carbocycles. The maximum Gasteiger partial charge on any atom is 0.145 e. The maximum atomic E-state index is 10.0. The maximum absolute atomic E-state index is 10.0. The van der Waals surface area contributed by atoms with Gasteiger partial charge in [-0.15, -0.1) is 0 Å². The van der Waals surface area contributed by atoms with Crippen molar-refractivity contribution in [1.82, 2.24) is 0 Å². The van der Waals surface area contributed by atoms with Gasteiger partial charge in [-0.05, 0) is 119 Å². The molecule has 0 fully saturated rings. The highest BCUT2D eigenvalue weighted by Crippen LogP contribution is 2.50. The van der Waals surface area contributed by atoms with Crippen LogP contribution in [0, 0.1) is 0 Å². The van der Waals surface area contributed by atoms with Crippen LogP contribution in [0.15, 0.2) is 39.0 Å². The number of rotatable bonds is 2. The molecule has 0 aliphatic heterocycles. The summed E-state index contributed by atoms with van der Waals surface area (Å²) in [5, 5.41) is 20.1. The van der Waals surface area contributed by atoms with Gasteiger partial charge in [0.2, 0.25) is 0 Å². The van der Waals surface area contributed by atoms with Gasteiger partial charge in [-0.3, -0.25) is 0 Å². The van der Waals surface area contributed by atoms with E-state index in [4.69, 9.17) is 0 Å². The standard InChI is InChI=1S/C15H10Br6O2/c1-15(2,5-3-7(16)13(22)11(20)9(5)18)6-4-8(17)14(23)12(21)10(6)19/h3-4,22-23H,1-2H3. The van der Waals surface area contributed by atoms with E-state index in [9.17, 15) is 10.2 Å². The Bertz CT molecular complexity index is 736. The number of hydrogen-bond acceptors (Lipinski definition) is 2. The van der Waals surface area contributed by atoms with E-state index >= 15 is 0 Å². The molecule has 2 nitrogen and oxygen atoms in total. The molecule has 0 spiro atoms. The highest BCUT2D eigenvalue weighted by molar-refractivity contribution is 9.13. The summed E-state index contributed by atoms with van der Waals surface area (Å²) < 4.78 is 3.92. The summed E-state index contributed by atoms with van der Waals surface area (Å²) in [5.41, 5.74) is 1.52. The van der Waals surface area contributed by atoms with Crippen LogP contribution in [0.4, 0.5) is 0 Å². The van der Waals surface area contributed by atoms with Gasteiger partial charge in [0, 0.05) is 14.4 Å². The Morgan fingerprint density at radius 3 is 1.26 bits per heavy atom. The molecule has 0 aromatic heterocycles. The van der Waals surface area contributed by atoms with E-state index in [-0.39, 0.29) is 11.5 Å². The van der Waals surface area contributed by atoms with Crippen molar-refractivity contribution in [2.24, 2.45) is 0 Å². The summed E-state index contributed by atoms with van der Waals surface area (Å²) >= 11 is 20.7. The van der Waals surface area contributed by atoms with E-state index in [0.29, 0.717) is 17.9 Å². The van der Waals surface area contributed by atoms with Crippen molar-refractivity contribution in [2.75, 3.05) is 0 Å². The molecule has 0 bridgehead atoms. The first kappa shape index (κ1) is 20.2. The molecule has 0 aliphatic carbocycles. The lowest BCUT2D eigenvalue weighted by molar-refractivity contribution is 0.466. The second-order valence-electron chi connectivity index (χ2n) is 5.39. The number of phenols is 2. The van der Waals surface area contributed by atoms with E-state index in [1.54, 1.807) is 0 Å². The molecule has 2 rings (SSSR count). The molecule has 0 saturated heterocycles. The van der Waals surface area contributed by atoms with E-state index in [2.05, 4.69) is 109 Å². The van der Waals surface area contributed by atoms with Gasteiger partial charge in [-0.1, -0.05) is 13.8 Å².